The number of hydrogen-bond acceptors (Lipinski definition) is 5. The van der Waals surface area contributed by atoms with Gasteiger partial charge in [0.05, 0.1) is 29.0 Å². The van der Waals surface area contributed by atoms with Crippen LogP contribution in [0.15, 0.2) is 29.6 Å². The number of nitrogens with zero attached hydrogens (tertiary/aromatic N) is 2. The van der Waals surface area contributed by atoms with Gasteiger partial charge in [-0.05, 0) is 61.3 Å². The second kappa shape index (κ2) is 7.09. The summed E-state index contributed by atoms with van der Waals surface area (Å²) in [6, 6.07) is 3.18. The average molecular weight is 461 g/mol. The van der Waals surface area contributed by atoms with E-state index < -0.39 is 11.6 Å². The van der Waals surface area contributed by atoms with Gasteiger partial charge in [-0.25, -0.2) is 14.2 Å². The quantitative estimate of drug-likeness (QED) is 0.367. The van der Waals surface area contributed by atoms with E-state index in [9.17, 15) is 19.1 Å². The fraction of sp³-hybridized carbons (Fsp3) is 0.370. The molecule has 0 fully saturated rings. The molecule has 2 aromatic heterocycles. The van der Waals surface area contributed by atoms with Gasteiger partial charge in [-0.1, -0.05) is 13.0 Å². The summed E-state index contributed by atoms with van der Waals surface area (Å²) in [7, 11) is 0. The van der Waals surface area contributed by atoms with Crippen molar-refractivity contribution in [2.45, 2.75) is 64.2 Å². The molecule has 34 heavy (non-hydrogen) atoms. The Hall–Kier alpha value is -3.32. The molecule has 6 rings (SSSR count). The van der Waals surface area contributed by atoms with Crippen LogP contribution in [0.4, 0.5) is 4.39 Å². The van der Waals surface area contributed by atoms with Gasteiger partial charge in [-0.15, -0.1) is 6.58 Å². The highest BCUT2D eigenvalue weighted by Crippen LogP contribution is 2.47. The molecule has 1 N–H and O–H groups in total. The fourth-order valence-corrected chi connectivity index (χ4v) is 6.09. The molecule has 0 amide bonds. The Bertz CT molecular complexity index is 1510. The zero-order chi connectivity index (χ0) is 23.9. The third-order valence-corrected chi connectivity index (χ3v) is 7.95. The standard InChI is InChI=1S/C27H25FN2O4/c1-4-6-14-7-8-15-13(3)19(28)10-20-23(15)22(14)16-11-30-21(24(16)29-20)9-18-17(25(30)31)12-34-26(32)27(18,33)5-2/h4,9-10,14,33H,1,5-8,11-12H2,2-3H3/t14-,27-/m0/s1. The predicted molar refractivity (Wildman–Crippen MR) is 125 cm³/mol. The van der Waals surface area contributed by atoms with Crippen molar-refractivity contribution in [2.75, 3.05) is 0 Å². The van der Waals surface area contributed by atoms with Crippen molar-refractivity contribution in [3.8, 4) is 11.4 Å². The Morgan fingerprint density at radius 1 is 1.32 bits per heavy atom. The third-order valence-electron chi connectivity index (χ3n) is 7.95. The Morgan fingerprint density at radius 3 is 2.85 bits per heavy atom. The Labute approximate surface area is 195 Å². The van der Waals surface area contributed by atoms with Gasteiger partial charge in [-0.2, -0.15) is 0 Å². The Kier molecular flexibility index (Phi) is 4.43. The van der Waals surface area contributed by atoms with E-state index in [-0.39, 0.29) is 35.9 Å². The molecule has 7 heteroatoms. The molecule has 0 radical (unpaired) electrons. The number of aromatic nitrogens is 2. The molecule has 1 aliphatic carbocycles. The lowest BCUT2D eigenvalue weighted by Crippen LogP contribution is -2.44. The normalized spacial score (nSPS) is 22.2. The highest BCUT2D eigenvalue weighted by atomic mass is 19.1. The van der Waals surface area contributed by atoms with Crippen LogP contribution in [-0.4, -0.2) is 20.6 Å². The number of benzene rings is 1. The number of fused-ring (bicyclic) bond motifs is 5. The molecule has 0 spiro atoms. The molecule has 174 valence electrons. The second-order valence-corrected chi connectivity index (χ2v) is 9.57. The highest BCUT2D eigenvalue weighted by Gasteiger charge is 2.45. The van der Waals surface area contributed by atoms with E-state index >= 15 is 0 Å². The summed E-state index contributed by atoms with van der Waals surface area (Å²) < 4.78 is 21.6. The number of aliphatic hydroxyl groups is 1. The summed E-state index contributed by atoms with van der Waals surface area (Å²) in [5.74, 6) is -0.835. The van der Waals surface area contributed by atoms with E-state index in [1.807, 2.05) is 13.0 Å². The van der Waals surface area contributed by atoms with Gasteiger partial charge >= 0.3 is 5.97 Å². The van der Waals surface area contributed by atoms with Gasteiger partial charge in [-0.3, -0.25) is 4.79 Å². The van der Waals surface area contributed by atoms with Gasteiger partial charge < -0.3 is 14.4 Å². The number of halogens is 1. The number of cyclic esters (lactones) is 1. The maximum absolute atomic E-state index is 14.8. The molecular weight excluding hydrogens is 435 g/mol. The predicted octanol–water partition coefficient (Wildman–Crippen LogP) is 4.13. The molecule has 3 aromatic rings. The van der Waals surface area contributed by atoms with Crippen LogP contribution in [0.3, 0.4) is 0 Å². The van der Waals surface area contributed by atoms with Crippen LogP contribution in [0.5, 0.6) is 0 Å². The number of carbonyl (C=O) groups excluding carboxylic acids is 1. The number of esters is 1. The fourth-order valence-electron chi connectivity index (χ4n) is 6.09. The van der Waals surface area contributed by atoms with E-state index in [0.29, 0.717) is 34.6 Å². The van der Waals surface area contributed by atoms with Crippen LogP contribution in [-0.2, 0) is 34.7 Å². The monoisotopic (exact) mass is 460 g/mol. The van der Waals surface area contributed by atoms with Gasteiger partial charge in [0.25, 0.3) is 5.56 Å². The minimum absolute atomic E-state index is 0.0836. The second-order valence-electron chi connectivity index (χ2n) is 9.57. The van der Waals surface area contributed by atoms with Crippen molar-refractivity contribution in [3.63, 3.8) is 0 Å². The number of allylic oxidation sites excluding steroid dienone is 1. The summed E-state index contributed by atoms with van der Waals surface area (Å²) in [6.07, 6.45) is 4.41. The molecular formula is C27H25FN2O4. The molecule has 0 unspecified atom stereocenters. The molecule has 3 aliphatic rings. The number of rotatable bonds is 3. The zero-order valence-corrected chi connectivity index (χ0v) is 19.2. The number of pyridine rings is 2. The first-order valence-electron chi connectivity index (χ1n) is 11.7. The summed E-state index contributed by atoms with van der Waals surface area (Å²) in [5.41, 5.74) is 3.85. The van der Waals surface area contributed by atoms with Crippen LogP contribution in [0, 0.1) is 12.7 Å². The number of aryl methyl sites for hydroxylation is 1. The van der Waals surface area contributed by atoms with Crippen molar-refractivity contribution in [1.82, 2.24) is 9.55 Å². The largest absolute Gasteiger partial charge is 0.458 e. The maximum atomic E-state index is 14.8. The van der Waals surface area contributed by atoms with Crippen molar-refractivity contribution in [3.05, 3.63) is 74.3 Å². The van der Waals surface area contributed by atoms with Gasteiger partial charge in [0.15, 0.2) is 5.60 Å². The van der Waals surface area contributed by atoms with Gasteiger partial charge in [0.1, 0.15) is 12.4 Å². The molecule has 2 aliphatic heterocycles. The highest BCUT2D eigenvalue weighted by molar-refractivity contribution is 5.93. The number of ether oxygens (including phenoxy) is 1. The van der Waals surface area contributed by atoms with E-state index in [1.165, 1.54) is 6.07 Å². The molecule has 0 saturated carbocycles. The summed E-state index contributed by atoms with van der Waals surface area (Å²) in [4.78, 5) is 30.8. The van der Waals surface area contributed by atoms with Crippen LogP contribution < -0.4 is 5.56 Å². The molecule has 4 heterocycles. The topological polar surface area (TPSA) is 81.4 Å². The Balaban J connectivity index is 1.69. The lowest BCUT2D eigenvalue weighted by molar-refractivity contribution is -0.172. The first-order valence-corrected chi connectivity index (χ1v) is 11.7. The summed E-state index contributed by atoms with van der Waals surface area (Å²) in [6.45, 7) is 7.60. The van der Waals surface area contributed by atoms with Crippen molar-refractivity contribution < 1.29 is 19.0 Å². The molecule has 2 atom stereocenters. The lowest BCUT2D eigenvalue weighted by atomic mass is 9.77. The average Bonchev–Trinajstić information content (AvgIpc) is 3.19. The molecule has 6 nitrogen and oxygen atoms in total. The minimum Gasteiger partial charge on any atom is -0.458 e. The SMILES string of the molecule is C=CC[C@H]1CCc2c(C)c(F)cc3nc4c(c1c23)Cn1c-4cc2c(c1=O)COC(=O)[C@]2(O)CC. The van der Waals surface area contributed by atoms with E-state index in [4.69, 9.17) is 9.72 Å². The maximum Gasteiger partial charge on any atom is 0.343 e. The number of carbonyl (C=O) groups is 1. The Morgan fingerprint density at radius 2 is 2.12 bits per heavy atom. The summed E-state index contributed by atoms with van der Waals surface area (Å²) in [5, 5.41) is 12.1. The third kappa shape index (κ3) is 2.56. The van der Waals surface area contributed by atoms with E-state index in [0.717, 1.165) is 41.3 Å². The van der Waals surface area contributed by atoms with Crippen molar-refractivity contribution in [1.29, 1.82) is 0 Å². The van der Waals surface area contributed by atoms with Gasteiger partial charge in [0.2, 0.25) is 0 Å². The first kappa shape index (κ1) is 21.2. The van der Waals surface area contributed by atoms with Crippen LogP contribution in [0.1, 0.15) is 65.5 Å². The number of hydrogen-bond donors (Lipinski definition) is 1. The van der Waals surface area contributed by atoms with Gasteiger partial charge in [0, 0.05) is 22.6 Å². The molecule has 1 aromatic carbocycles. The van der Waals surface area contributed by atoms with Crippen molar-refractivity contribution >= 4 is 16.9 Å². The van der Waals surface area contributed by atoms with E-state index in [1.54, 1.807) is 17.6 Å². The van der Waals surface area contributed by atoms with Crippen LogP contribution >= 0.6 is 0 Å². The summed E-state index contributed by atoms with van der Waals surface area (Å²) >= 11 is 0. The molecule has 0 bridgehead atoms. The lowest BCUT2D eigenvalue weighted by Gasteiger charge is -2.31. The van der Waals surface area contributed by atoms with Crippen LogP contribution in [0.2, 0.25) is 0 Å². The zero-order valence-electron chi connectivity index (χ0n) is 19.2. The van der Waals surface area contributed by atoms with Crippen LogP contribution in [0.25, 0.3) is 22.3 Å². The van der Waals surface area contributed by atoms with Crippen molar-refractivity contribution in [2.24, 2.45) is 0 Å². The first-order chi connectivity index (χ1) is 16.3. The van der Waals surface area contributed by atoms with E-state index in [2.05, 4.69) is 6.58 Å². The molecule has 0 saturated heterocycles. The smallest absolute Gasteiger partial charge is 0.343 e. The minimum atomic E-state index is -1.88.